The van der Waals surface area contributed by atoms with Crippen LogP contribution in [-0.4, -0.2) is 38.9 Å². The van der Waals surface area contributed by atoms with E-state index in [-0.39, 0.29) is 31.3 Å². The second-order valence-electron chi connectivity index (χ2n) is 8.27. The Bertz CT molecular complexity index is 1270. The van der Waals surface area contributed by atoms with Gasteiger partial charge in [-0.1, -0.05) is 42.0 Å². The van der Waals surface area contributed by atoms with E-state index in [1.54, 1.807) is 29.2 Å². The number of nitrogens with one attached hydrogen (secondary N) is 1. The Hall–Kier alpha value is -3.68. The summed E-state index contributed by atoms with van der Waals surface area (Å²) in [5.74, 6) is -0.329. The number of hydrogen-bond donors (Lipinski definition) is 1. The van der Waals surface area contributed by atoms with E-state index in [9.17, 15) is 19.2 Å². The minimum atomic E-state index is -0.538. The van der Waals surface area contributed by atoms with Crippen molar-refractivity contribution in [2.75, 3.05) is 13.1 Å². The number of carbonyl (C=O) groups is 2. The van der Waals surface area contributed by atoms with E-state index >= 15 is 0 Å². The number of likely N-dealkylation sites (N-methyl/N-ethyl adjacent to an activating group) is 1. The molecule has 34 heavy (non-hydrogen) atoms. The van der Waals surface area contributed by atoms with Gasteiger partial charge >= 0.3 is 5.69 Å². The van der Waals surface area contributed by atoms with Crippen LogP contribution in [0.2, 0.25) is 0 Å². The van der Waals surface area contributed by atoms with Gasteiger partial charge in [-0.15, -0.1) is 0 Å². The molecular formula is C26H32N4O4. The number of fused-ring (bicyclic) bond motifs is 1. The Morgan fingerprint density at radius 1 is 0.941 bits per heavy atom. The van der Waals surface area contributed by atoms with Gasteiger partial charge in [-0.3, -0.25) is 23.5 Å². The van der Waals surface area contributed by atoms with Crippen molar-refractivity contribution in [1.29, 1.82) is 0 Å². The molecular weight excluding hydrogens is 432 g/mol. The minimum Gasteiger partial charge on any atom is -0.352 e. The molecule has 0 bridgehead atoms. The first-order chi connectivity index (χ1) is 16.3. The minimum absolute atomic E-state index is 0.0971. The number of aryl methyl sites for hydroxylation is 1. The maximum Gasteiger partial charge on any atom is 0.331 e. The molecule has 3 rings (SSSR count). The molecule has 1 aromatic heterocycles. The van der Waals surface area contributed by atoms with Gasteiger partial charge in [0.25, 0.3) is 5.56 Å². The first kappa shape index (κ1) is 25.0. The van der Waals surface area contributed by atoms with E-state index in [2.05, 4.69) is 5.32 Å². The van der Waals surface area contributed by atoms with Gasteiger partial charge in [0.05, 0.1) is 10.9 Å². The summed E-state index contributed by atoms with van der Waals surface area (Å²) in [6, 6.07) is 14.7. The second kappa shape index (κ2) is 11.4. The highest BCUT2D eigenvalue weighted by Crippen LogP contribution is 2.09. The number of amides is 2. The molecule has 0 spiro atoms. The molecule has 0 unspecified atom stereocenters. The van der Waals surface area contributed by atoms with Crippen molar-refractivity contribution < 1.29 is 9.59 Å². The highest BCUT2D eigenvalue weighted by atomic mass is 16.2. The van der Waals surface area contributed by atoms with Gasteiger partial charge < -0.3 is 10.2 Å². The van der Waals surface area contributed by atoms with Crippen LogP contribution in [0.3, 0.4) is 0 Å². The zero-order valence-electron chi connectivity index (χ0n) is 20.0. The lowest BCUT2D eigenvalue weighted by molar-refractivity contribution is -0.131. The molecule has 0 aliphatic heterocycles. The van der Waals surface area contributed by atoms with Crippen molar-refractivity contribution in [2.45, 2.75) is 53.2 Å². The second-order valence-corrected chi connectivity index (χ2v) is 8.27. The summed E-state index contributed by atoms with van der Waals surface area (Å²) in [4.78, 5) is 52.8. The molecule has 0 aliphatic rings. The smallest absolute Gasteiger partial charge is 0.331 e. The van der Waals surface area contributed by atoms with E-state index in [0.29, 0.717) is 37.0 Å². The van der Waals surface area contributed by atoms with E-state index in [1.165, 1.54) is 4.57 Å². The molecule has 3 aromatic rings. The van der Waals surface area contributed by atoms with Crippen LogP contribution in [0, 0.1) is 6.92 Å². The molecule has 2 aromatic carbocycles. The number of para-hydroxylation sites is 1. The fourth-order valence-corrected chi connectivity index (χ4v) is 3.93. The van der Waals surface area contributed by atoms with E-state index < -0.39 is 11.2 Å². The number of hydrogen-bond acceptors (Lipinski definition) is 4. The van der Waals surface area contributed by atoms with Gasteiger partial charge in [0.2, 0.25) is 11.8 Å². The standard InChI is InChI=1S/C26H32N4O4/c1-4-28(5-2)24(32)18-30-22-10-7-6-9-21(22)25(33)29(26(30)34)16-8-11-23(31)27-17-20-14-12-19(3)13-15-20/h6-7,9-10,12-15H,4-5,8,11,16-18H2,1-3H3,(H,27,31). The molecule has 2 amide bonds. The Balaban J connectivity index is 1.75. The van der Waals surface area contributed by atoms with Crippen molar-refractivity contribution in [1.82, 2.24) is 19.4 Å². The molecule has 0 radical (unpaired) electrons. The zero-order valence-corrected chi connectivity index (χ0v) is 20.0. The maximum absolute atomic E-state index is 13.2. The average molecular weight is 465 g/mol. The van der Waals surface area contributed by atoms with Gasteiger partial charge in [-0.2, -0.15) is 0 Å². The average Bonchev–Trinajstić information content (AvgIpc) is 2.84. The highest BCUT2D eigenvalue weighted by molar-refractivity contribution is 5.81. The third kappa shape index (κ3) is 5.81. The third-order valence-electron chi connectivity index (χ3n) is 5.94. The molecule has 1 N–H and O–H groups in total. The molecule has 8 nitrogen and oxygen atoms in total. The lowest BCUT2D eigenvalue weighted by Gasteiger charge is -2.20. The van der Waals surface area contributed by atoms with Crippen molar-refractivity contribution in [3.63, 3.8) is 0 Å². The number of aromatic nitrogens is 2. The number of benzene rings is 2. The van der Waals surface area contributed by atoms with Crippen LogP contribution >= 0.6 is 0 Å². The summed E-state index contributed by atoms with van der Waals surface area (Å²) in [6.07, 6.45) is 0.514. The molecule has 0 saturated carbocycles. The normalized spacial score (nSPS) is 10.9. The van der Waals surface area contributed by atoms with Crippen molar-refractivity contribution >= 4 is 22.7 Å². The number of nitrogens with zero attached hydrogens (tertiary/aromatic N) is 3. The van der Waals surface area contributed by atoms with Crippen LogP contribution in [0.5, 0.6) is 0 Å². The molecule has 1 heterocycles. The van der Waals surface area contributed by atoms with Crippen molar-refractivity contribution in [2.24, 2.45) is 0 Å². The first-order valence-electron chi connectivity index (χ1n) is 11.7. The third-order valence-corrected chi connectivity index (χ3v) is 5.94. The van der Waals surface area contributed by atoms with E-state index in [4.69, 9.17) is 0 Å². The van der Waals surface area contributed by atoms with Crippen LogP contribution in [-0.2, 0) is 29.2 Å². The van der Waals surface area contributed by atoms with Gasteiger partial charge in [-0.25, -0.2) is 4.79 Å². The first-order valence-corrected chi connectivity index (χ1v) is 11.7. The van der Waals surface area contributed by atoms with E-state index in [0.717, 1.165) is 15.7 Å². The van der Waals surface area contributed by atoms with Gasteiger partial charge in [0, 0.05) is 32.6 Å². The molecule has 0 fully saturated rings. The predicted octanol–water partition coefficient (Wildman–Crippen LogP) is 2.44. The molecule has 8 heteroatoms. The van der Waals surface area contributed by atoms with Crippen LogP contribution in [0.15, 0.2) is 58.1 Å². The number of carbonyl (C=O) groups excluding carboxylic acids is 2. The quantitative estimate of drug-likeness (QED) is 0.499. The SMILES string of the molecule is CCN(CC)C(=O)Cn1c(=O)n(CCCC(=O)NCc2ccc(C)cc2)c(=O)c2ccccc21. The summed E-state index contributed by atoms with van der Waals surface area (Å²) in [5, 5.41) is 3.24. The predicted molar refractivity (Wildman–Crippen MR) is 133 cm³/mol. The molecule has 0 saturated heterocycles. The van der Waals surface area contributed by atoms with Crippen LogP contribution < -0.4 is 16.6 Å². The van der Waals surface area contributed by atoms with Gasteiger partial charge in [0.1, 0.15) is 6.54 Å². The van der Waals surface area contributed by atoms with Crippen LogP contribution in [0.1, 0.15) is 37.8 Å². The maximum atomic E-state index is 13.2. The van der Waals surface area contributed by atoms with Crippen molar-refractivity contribution in [3.8, 4) is 0 Å². The summed E-state index contributed by atoms with van der Waals surface area (Å²) >= 11 is 0. The van der Waals surface area contributed by atoms with E-state index in [1.807, 2.05) is 45.0 Å². The summed E-state index contributed by atoms with van der Waals surface area (Å²) in [7, 11) is 0. The Labute approximate surface area is 198 Å². The molecule has 0 atom stereocenters. The lowest BCUT2D eigenvalue weighted by Crippen LogP contribution is -2.43. The Kier molecular flexibility index (Phi) is 8.40. The highest BCUT2D eigenvalue weighted by Gasteiger charge is 2.17. The zero-order chi connectivity index (χ0) is 24.7. The lowest BCUT2D eigenvalue weighted by atomic mass is 10.1. The number of rotatable bonds is 10. The Morgan fingerprint density at radius 3 is 2.29 bits per heavy atom. The topological polar surface area (TPSA) is 93.4 Å². The monoisotopic (exact) mass is 464 g/mol. The van der Waals surface area contributed by atoms with Gasteiger partial charge in [-0.05, 0) is 44.9 Å². The fraction of sp³-hybridized carbons (Fsp3) is 0.385. The fourth-order valence-electron chi connectivity index (χ4n) is 3.93. The van der Waals surface area contributed by atoms with Gasteiger partial charge in [0.15, 0.2) is 0 Å². The Morgan fingerprint density at radius 2 is 1.62 bits per heavy atom. The summed E-state index contributed by atoms with van der Waals surface area (Å²) in [5.41, 5.74) is 1.65. The van der Waals surface area contributed by atoms with Crippen molar-refractivity contribution in [3.05, 3.63) is 80.5 Å². The van der Waals surface area contributed by atoms with Crippen LogP contribution in [0.4, 0.5) is 0 Å². The largest absolute Gasteiger partial charge is 0.352 e. The van der Waals surface area contributed by atoms with Crippen LogP contribution in [0.25, 0.3) is 10.9 Å². The molecule has 180 valence electrons. The molecule has 0 aliphatic carbocycles. The summed E-state index contributed by atoms with van der Waals surface area (Å²) < 4.78 is 2.49. The summed E-state index contributed by atoms with van der Waals surface area (Å²) in [6.45, 7) is 7.23.